The number of carbonyl (C=O) groups is 2. The quantitative estimate of drug-likeness (QED) is 0.727. The Balaban J connectivity index is 2.35. The van der Waals surface area contributed by atoms with Crippen molar-refractivity contribution in [2.24, 2.45) is 11.3 Å². The first-order chi connectivity index (χ1) is 11.1. The van der Waals surface area contributed by atoms with Gasteiger partial charge in [0, 0.05) is 57.0 Å². The highest BCUT2D eigenvalue weighted by Crippen LogP contribution is 2.36. The lowest BCUT2D eigenvalue weighted by atomic mass is 9.86. The van der Waals surface area contributed by atoms with E-state index in [2.05, 4.69) is 0 Å². The molecule has 2 saturated heterocycles. The molecule has 138 valence electrons. The van der Waals surface area contributed by atoms with Gasteiger partial charge < -0.3 is 9.80 Å². The van der Waals surface area contributed by atoms with Gasteiger partial charge >= 0.3 is 0 Å². The standard InChI is InChI=1S/C16H29N3O4S/c1-5-17-10-16(9-14(17)20)11-18(15(21)13(3)4)7-8-19(12-16)24(22,23)6-2/h13H,5-12H2,1-4H3/t16-/m1/s1. The lowest BCUT2D eigenvalue weighted by Gasteiger charge is -2.33. The normalized spacial score (nSPS) is 26.5. The fourth-order valence-corrected chi connectivity index (χ4v) is 4.87. The third kappa shape index (κ3) is 3.74. The molecule has 0 aliphatic carbocycles. The van der Waals surface area contributed by atoms with Gasteiger partial charge in [0.2, 0.25) is 21.8 Å². The van der Waals surface area contributed by atoms with E-state index < -0.39 is 15.4 Å². The molecule has 1 spiro atoms. The van der Waals surface area contributed by atoms with E-state index in [4.69, 9.17) is 0 Å². The minimum atomic E-state index is -3.35. The smallest absolute Gasteiger partial charge is 0.225 e. The summed E-state index contributed by atoms with van der Waals surface area (Å²) in [6.45, 7) is 9.81. The van der Waals surface area contributed by atoms with Gasteiger partial charge in [0.15, 0.2) is 0 Å². The van der Waals surface area contributed by atoms with E-state index in [0.29, 0.717) is 45.7 Å². The van der Waals surface area contributed by atoms with Gasteiger partial charge in [-0.2, -0.15) is 4.31 Å². The summed E-state index contributed by atoms with van der Waals surface area (Å²) in [6.07, 6.45) is 0.304. The molecule has 2 rings (SSSR count). The maximum atomic E-state index is 12.5. The summed E-state index contributed by atoms with van der Waals surface area (Å²) in [5, 5.41) is 0. The lowest BCUT2D eigenvalue weighted by molar-refractivity contribution is -0.135. The zero-order valence-electron chi connectivity index (χ0n) is 15.1. The van der Waals surface area contributed by atoms with Crippen LogP contribution in [-0.2, 0) is 19.6 Å². The number of rotatable bonds is 4. The Bertz CT molecular complexity index is 604. The highest BCUT2D eigenvalue weighted by Gasteiger charge is 2.48. The molecule has 0 aromatic carbocycles. The minimum Gasteiger partial charge on any atom is -0.342 e. The Morgan fingerprint density at radius 2 is 1.83 bits per heavy atom. The first-order valence-corrected chi connectivity index (χ1v) is 10.3. The van der Waals surface area contributed by atoms with Crippen LogP contribution in [0.4, 0.5) is 0 Å². The topological polar surface area (TPSA) is 78.0 Å². The van der Waals surface area contributed by atoms with E-state index in [9.17, 15) is 18.0 Å². The van der Waals surface area contributed by atoms with Crippen LogP contribution < -0.4 is 0 Å². The van der Waals surface area contributed by atoms with Gasteiger partial charge in [-0.3, -0.25) is 9.59 Å². The van der Waals surface area contributed by atoms with Crippen molar-refractivity contribution in [1.29, 1.82) is 0 Å². The van der Waals surface area contributed by atoms with Crippen molar-refractivity contribution in [2.45, 2.75) is 34.1 Å². The van der Waals surface area contributed by atoms with Gasteiger partial charge in [-0.15, -0.1) is 0 Å². The fourth-order valence-electron chi connectivity index (χ4n) is 3.67. The van der Waals surface area contributed by atoms with Crippen LogP contribution in [0.25, 0.3) is 0 Å². The number of sulfonamides is 1. The number of amides is 2. The summed E-state index contributed by atoms with van der Waals surface area (Å²) < 4.78 is 26.3. The summed E-state index contributed by atoms with van der Waals surface area (Å²) in [7, 11) is -3.35. The molecule has 0 N–H and O–H groups in total. The molecule has 0 saturated carbocycles. The molecule has 8 heteroatoms. The van der Waals surface area contributed by atoms with Gasteiger partial charge in [0.05, 0.1) is 5.75 Å². The third-order valence-electron chi connectivity index (χ3n) is 5.01. The van der Waals surface area contributed by atoms with Crippen molar-refractivity contribution in [3.8, 4) is 0 Å². The molecule has 7 nitrogen and oxygen atoms in total. The molecule has 2 fully saturated rings. The predicted molar refractivity (Wildman–Crippen MR) is 91.8 cm³/mol. The first-order valence-electron chi connectivity index (χ1n) is 8.68. The number of likely N-dealkylation sites (tertiary alicyclic amines) is 1. The minimum absolute atomic E-state index is 0.0209. The molecule has 2 aliphatic rings. The van der Waals surface area contributed by atoms with Gasteiger partial charge in [0.25, 0.3) is 0 Å². The summed E-state index contributed by atoms with van der Waals surface area (Å²) in [6, 6.07) is 0. The Kier molecular flexibility index (Phi) is 5.59. The largest absolute Gasteiger partial charge is 0.342 e. The van der Waals surface area contributed by atoms with Crippen molar-refractivity contribution < 1.29 is 18.0 Å². The Morgan fingerprint density at radius 3 is 2.33 bits per heavy atom. The van der Waals surface area contributed by atoms with E-state index >= 15 is 0 Å². The maximum absolute atomic E-state index is 12.5. The van der Waals surface area contributed by atoms with Gasteiger partial charge in [-0.25, -0.2) is 8.42 Å². The highest BCUT2D eigenvalue weighted by atomic mass is 32.2. The Hall–Kier alpha value is -1.15. The van der Waals surface area contributed by atoms with Crippen LogP contribution in [-0.4, -0.2) is 79.4 Å². The Labute approximate surface area is 145 Å². The van der Waals surface area contributed by atoms with E-state index in [1.54, 1.807) is 16.7 Å². The molecule has 2 aliphatic heterocycles. The summed E-state index contributed by atoms with van der Waals surface area (Å²) in [5.74, 6) is -0.0411. The molecule has 0 unspecified atom stereocenters. The van der Waals surface area contributed by atoms with Crippen LogP contribution in [0.3, 0.4) is 0 Å². The summed E-state index contributed by atoms with van der Waals surface area (Å²) >= 11 is 0. The number of hydrogen-bond acceptors (Lipinski definition) is 4. The number of nitrogens with zero attached hydrogens (tertiary/aromatic N) is 3. The number of carbonyl (C=O) groups excluding carboxylic acids is 2. The fraction of sp³-hybridized carbons (Fsp3) is 0.875. The number of hydrogen-bond donors (Lipinski definition) is 0. The van der Waals surface area contributed by atoms with E-state index in [-0.39, 0.29) is 23.5 Å². The van der Waals surface area contributed by atoms with Crippen molar-refractivity contribution >= 4 is 21.8 Å². The average Bonchev–Trinajstić information content (AvgIpc) is 2.71. The van der Waals surface area contributed by atoms with E-state index in [1.165, 1.54) is 4.31 Å². The van der Waals surface area contributed by atoms with Crippen molar-refractivity contribution in [3.63, 3.8) is 0 Å². The van der Waals surface area contributed by atoms with Gasteiger partial charge in [-0.05, 0) is 13.8 Å². The third-order valence-corrected chi connectivity index (χ3v) is 6.84. The highest BCUT2D eigenvalue weighted by molar-refractivity contribution is 7.89. The molecular weight excluding hydrogens is 330 g/mol. The molecule has 24 heavy (non-hydrogen) atoms. The van der Waals surface area contributed by atoms with Crippen LogP contribution >= 0.6 is 0 Å². The monoisotopic (exact) mass is 359 g/mol. The maximum Gasteiger partial charge on any atom is 0.225 e. The molecule has 0 radical (unpaired) electrons. The molecule has 0 bridgehead atoms. The molecule has 2 heterocycles. The van der Waals surface area contributed by atoms with Gasteiger partial charge in [-0.1, -0.05) is 13.8 Å². The van der Waals surface area contributed by atoms with Crippen LogP contribution in [0, 0.1) is 11.3 Å². The molecule has 0 aromatic rings. The SMILES string of the molecule is CCN1C[C@]2(CC1=O)CN(C(=O)C(C)C)CCN(S(=O)(=O)CC)C2. The second kappa shape index (κ2) is 7.00. The molecule has 0 aromatic heterocycles. The van der Waals surface area contributed by atoms with E-state index in [0.717, 1.165) is 0 Å². The lowest BCUT2D eigenvalue weighted by Crippen LogP contribution is -2.46. The van der Waals surface area contributed by atoms with Crippen LogP contribution in [0.1, 0.15) is 34.1 Å². The first kappa shape index (κ1) is 19.2. The zero-order valence-corrected chi connectivity index (χ0v) is 15.9. The molecule has 2 amide bonds. The van der Waals surface area contributed by atoms with Crippen molar-refractivity contribution in [1.82, 2.24) is 14.1 Å². The zero-order chi connectivity index (χ0) is 18.1. The van der Waals surface area contributed by atoms with E-state index in [1.807, 2.05) is 20.8 Å². The second-order valence-corrected chi connectivity index (χ2v) is 9.49. The van der Waals surface area contributed by atoms with Crippen LogP contribution in [0.2, 0.25) is 0 Å². The second-order valence-electron chi connectivity index (χ2n) is 7.23. The van der Waals surface area contributed by atoms with Gasteiger partial charge in [0.1, 0.15) is 0 Å². The van der Waals surface area contributed by atoms with Crippen molar-refractivity contribution in [3.05, 3.63) is 0 Å². The van der Waals surface area contributed by atoms with Crippen LogP contribution in [0.15, 0.2) is 0 Å². The molecule has 1 atom stereocenters. The summed E-state index contributed by atoms with van der Waals surface area (Å²) in [4.78, 5) is 28.3. The summed E-state index contributed by atoms with van der Waals surface area (Å²) in [5.41, 5.74) is -0.504. The Morgan fingerprint density at radius 1 is 1.17 bits per heavy atom. The van der Waals surface area contributed by atoms with Crippen LogP contribution in [0.5, 0.6) is 0 Å². The predicted octanol–water partition coefficient (Wildman–Crippen LogP) is 0.375. The van der Waals surface area contributed by atoms with Crippen molar-refractivity contribution in [2.75, 3.05) is 45.0 Å². The average molecular weight is 359 g/mol. The molecular formula is C16H29N3O4S.